The zero-order chi connectivity index (χ0) is 19.7. The van der Waals surface area contributed by atoms with Crippen molar-refractivity contribution in [2.24, 2.45) is 0 Å². The summed E-state index contributed by atoms with van der Waals surface area (Å²) < 4.78 is 1.26. The molecule has 2 fully saturated rings. The van der Waals surface area contributed by atoms with Gasteiger partial charge in [0.2, 0.25) is 0 Å². The zero-order valence-corrected chi connectivity index (χ0v) is 16.5. The fraction of sp³-hybridized carbons (Fsp3) is 0.550. The summed E-state index contributed by atoms with van der Waals surface area (Å²) in [7, 11) is 0. The summed E-state index contributed by atoms with van der Waals surface area (Å²) in [6.07, 6.45) is 7.61. The van der Waals surface area contributed by atoms with Gasteiger partial charge in [-0.05, 0) is 43.9 Å². The first kappa shape index (κ1) is 19.2. The first-order valence-electron chi connectivity index (χ1n) is 9.95. The molecule has 4 rings (SSSR count). The highest BCUT2D eigenvalue weighted by Gasteiger charge is 2.29. The van der Waals surface area contributed by atoms with E-state index in [2.05, 4.69) is 15.4 Å². The molecule has 0 saturated heterocycles. The van der Waals surface area contributed by atoms with Crippen LogP contribution in [0, 0.1) is 0 Å². The number of H-pyrrole nitrogens is 1. The number of hydrogen-bond acceptors (Lipinski definition) is 4. The molecule has 0 bridgehead atoms. The van der Waals surface area contributed by atoms with Gasteiger partial charge in [0.25, 0.3) is 5.91 Å². The SMILES string of the molecule is O=C(NCC1(O)CCCCCC1)c1cc(-n2nc(C3CC3)[nH]c2=O)ccc1Cl. The molecule has 0 atom stereocenters. The summed E-state index contributed by atoms with van der Waals surface area (Å²) in [6, 6.07) is 4.81. The molecule has 1 aromatic heterocycles. The van der Waals surface area contributed by atoms with Gasteiger partial charge in [-0.2, -0.15) is 4.68 Å². The van der Waals surface area contributed by atoms with Crippen LogP contribution in [0.3, 0.4) is 0 Å². The van der Waals surface area contributed by atoms with Gasteiger partial charge in [0.1, 0.15) is 5.82 Å². The van der Waals surface area contributed by atoms with Crippen molar-refractivity contribution in [3.05, 3.63) is 45.1 Å². The lowest BCUT2D eigenvalue weighted by molar-refractivity contribution is 0.0246. The van der Waals surface area contributed by atoms with Gasteiger partial charge in [-0.15, -0.1) is 5.10 Å². The standard InChI is InChI=1S/C20H25ClN4O3/c21-16-8-7-14(25-19(27)23-17(24-25)13-5-6-13)11-15(16)18(26)22-12-20(28)9-3-1-2-4-10-20/h7-8,11,13,28H,1-6,9-10,12H2,(H,22,26)(H,23,24,27). The number of rotatable bonds is 5. The van der Waals surface area contributed by atoms with Crippen LogP contribution in [0.5, 0.6) is 0 Å². The average molecular weight is 405 g/mol. The van der Waals surface area contributed by atoms with Gasteiger partial charge >= 0.3 is 5.69 Å². The van der Waals surface area contributed by atoms with Crippen molar-refractivity contribution in [2.75, 3.05) is 6.54 Å². The minimum absolute atomic E-state index is 0.195. The number of amides is 1. The van der Waals surface area contributed by atoms with E-state index in [1.54, 1.807) is 18.2 Å². The van der Waals surface area contributed by atoms with Crippen LogP contribution in [0.2, 0.25) is 5.02 Å². The second-order valence-electron chi connectivity index (χ2n) is 7.99. The van der Waals surface area contributed by atoms with Crippen molar-refractivity contribution < 1.29 is 9.90 Å². The molecule has 2 aliphatic rings. The number of aromatic amines is 1. The lowest BCUT2D eigenvalue weighted by Gasteiger charge is -2.26. The van der Waals surface area contributed by atoms with E-state index in [9.17, 15) is 14.7 Å². The highest BCUT2D eigenvalue weighted by atomic mass is 35.5. The van der Waals surface area contributed by atoms with E-state index in [1.165, 1.54) is 4.68 Å². The third-order valence-corrected chi connectivity index (χ3v) is 5.98. The van der Waals surface area contributed by atoms with Crippen LogP contribution in [0.25, 0.3) is 5.69 Å². The molecule has 0 radical (unpaired) electrons. The predicted molar refractivity (Wildman–Crippen MR) is 106 cm³/mol. The van der Waals surface area contributed by atoms with Gasteiger partial charge in [-0.3, -0.25) is 9.78 Å². The van der Waals surface area contributed by atoms with Gasteiger partial charge in [0, 0.05) is 12.5 Å². The van der Waals surface area contributed by atoms with E-state index in [1.807, 2.05) is 0 Å². The highest BCUT2D eigenvalue weighted by Crippen LogP contribution is 2.37. The van der Waals surface area contributed by atoms with Gasteiger partial charge in [0.15, 0.2) is 0 Å². The number of carbonyl (C=O) groups excluding carboxylic acids is 1. The van der Waals surface area contributed by atoms with Crippen molar-refractivity contribution in [1.29, 1.82) is 0 Å². The lowest BCUT2D eigenvalue weighted by atomic mass is 9.94. The number of halogens is 1. The molecule has 150 valence electrons. The summed E-state index contributed by atoms with van der Waals surface area (Å²) in [5.74, 6) is 0.640. The average Bonchev–Trinajstić information content (AvgIpc) is 3.48. The Bertz CT molecular complexity index is 924. The normalized spacial score (nSPS) is 19.2. The van der Waals surface area contributed by atoms with Gasteiger partial charge in [-0.25, -0.2) is 4.79 Å². The molecule has 1 amide bonds. The van der Waals surface area contributed by atoms with E-state index < -0.39 is 5.60 Å². The van der Waals surface area contributed by atoms with Crippen LogP contribution in [0.4, 0.5) is 0 Å². The van der Waals surface area contributed by atoms with Gasteiger partial charge < -0.3 is 10.4 Å². The Morgan fingerprint density at radius 3 is 2.68 bits per heavy atom. The monoisotopic (exact) mass is 404 g/mol. The largest absolute Gasteiger partial charge is 0.388 e. The molecule has 2 aliphatic carbocycles. The summed E-state index contributed by atoms with van der Waals surface area (Å²) in [6.45, 7) is 0.195. The number of hydrogen-bond donors (Lipinski definition) is 3. The molecular weight excluding hydrogens is 380 g/mol. The molecule has 3 N–H and O–H groups in total. The molecule has 7 nitrogen and oxygen atoms in total. The minimum Gasteiger partial charge on any atom is -0.388 e. The number of aromatic nitrogens is 3. The Kier molecular flexibility index (Phi) is 5.29. The Morgan fingerprint density at radius 2 is 2.00 bits per heavy atom. The molecular formula is C20H25ClN4O3. The van der Waals surface area contributed by atoms with Crippen LogP contribution < -0.4 is 11.0 Å². The fourth-order valence-corrected chi connectivity index (χ4v) is 3.98. The summed E-state index contributed by atoms with van der Waals surface area (Å²) in [5, 5.41) is 18.2. The maximum Gasteiger partial charge on any atom is 0.348 e. The van der Waals surface area contributed by atoms with Crippen molar-refractivity contribution in [3.63, 3.8) is 0 Å². The van der Waals surface area contributed by atoms with Crippen molar-refractivity contribution >= 4 is 17.5 Å². The zero-order valence-electron chi connectivity index (χ0n) is 15.7. The Labute approximate surface area is 168 Å². The predicted octanol–water partition coefficient (Wildman–Crippen LogP) is 2.91. The maximum atomic E-state index is 12.7. The molecule has 0 aliphatic heterocycles. The Balaban J connectivity index is 1.52. The van der Waals surface area contributed by atoms with Crippen LogP contribution in [0.15, 0.2) is 23.0 Å². The smallest absolute Gasteiger partial charge is 0.348 e. The quantitative estimate of drug-likeness (QED) is 0.667. The van der Waals surface area contributed by atoms with Gasteiger partial charge in [-0.1, -0.05) is 37.3 Å². The van der Waals surface area contributed by atoms with E-state index >= 15 is 0 Å². The molecule has 0 spiro atoms. The second-order valence-corrected chi connectivity index (χ2v) is 8.39. The molecule has 8 heteroatoms. The number of benzene rings is 1. The molecule has 0 unspecified atom stereocenters. The number of nitrogens with zero attached hydrogens (tertiary/aromatic N) is 2. The Morgan fingerprint density at radius 1 is 1.29 bits per heavy atom. The number of nitrogens with one attached hydrogen (secondary N) is 2. The molecule has 2 saturated carbocycles. The first-order valence-corrected chi connectivity index (χ1v) is 10.3. The van der Waals surface area contributed by atoms with E-state index in [0.29, 0.717) is 35.3 Å². The van der Waals surface area contributed by atoms with Gasteiger partial charge in [0.05, 0.1) is 21.9 Å². The molecule has 2 aromatic rings. The minimum atomic E-state index is -0.867. The number of aliphatic hydroxyl groups is 1. The third kappa shape index (κ3) is 4.15. The van der Waals surface area contributed by atoms with Crippen molar-refractivity contribution in [1.82, 2.24) is 20.1 Å². The van der Waals surface area contributed by atoms with Crippen LogP contribution in [0.1, 0.15) is 73.5 Å². The van der Waals surface area contributed by atoms with Crippen LogP contribution in [-0.2, 0) is 0 Å². The summed E-state index contributed by atoms with van der Waals surface area (Å²) >= 11 is 6.23. The Hall–Kier alpha value is -2.12. The van der Waals surface area contributed by atoms with E-state index in [-0.39, 0.29) is 23.7 Å². The van der Waals surface area contributed by atoms with Crippen molar-refractivity contribution in [3.8, 4) is 5.69 Å². The summed E-state index contributed by atoms with van der Waals surface area (Å²) in [5.41, 5.74) is -0.451. The van der Waals surface area contributed by atoms with Crippen LogP contribution in [-0.4, -0.2) is 37.9 Å². The fourth-order valence-electron chi connectivity index (χ4n) is 3.78. The summed E-state index contributed by atoms with van der Waals surface area (Å²) in [4.78, 5) is 27.7. The molecule has 28 heavy (non-hydrogen) atoms. The first-order chi connectivity index (χ1) is 13.5. The highest BCUT2D eigenvalue weighted by molar-refractivity contribution is 6.33. The van der Waals surface area contributed by atoms with Crippen molar-refractivity contribution in [2.45, 2.75) is 62.9 Å². The molecule has 1 aromatic carbocycles. The topological polar surface area (TPSA) is 100 Å². The molecule has 1 heterocycles. The maximum absolute atomic E-state index is 12.7. The van der Waals surface area contributed by atoms with E-state index in [4.69, 9.17) is 11.6 Å². The number of carbonyl (C=O) groups is 1. The van der Waals surface area contributed by atoms with E-state index in [0.717, 1.165) is 38.5 Å². The lowest BCUT2D eigenvalue weighted by Crippen LogP contribution is -2.42. The third-order valence-electron chi connectivity index (χ3n) is 5.65. The van der Waals surface area contributed by atoms with Crippen LogP contribution >= 0.6 is 11.6 Å². The second kappa shape index (κ2) is 7.72.